The molecule has 0 aromatic heterocycles. The van der Waals surface area contributed by atoms with Gasteiger partial charge >= 0.3 is 0 Å². The Morgan fingerprint density at radius 1 is 1.47 bits per heavy atom. The number of carbonyl (C=O) groups excluding carboxylic acids is 1. The molecule has 0 bridgehead atoms. The molecular formula is C10H17NO3S. The van der Waals surface area contributed by atoms with Crippen molar-refractivity contribution in [2.24, 2.45) is 5.92 Å². The summed E-state index contributed by atoms with van der Waals surface area (Å²) in [6, 6.07) is 0. The third-order valence-corrected chi connectivity index (χ3v) is 3.56. The summed E-state index contributed by atoms with van der Waals surface area (Å²) >= 11 is 0. The summed E-state index contributed by atoms with van der Waals surface area (Å²) in [6.07, 6.45) is 6.62. The van der Waals surface area contributed by atoms with Crippen molar-refractivity contribution in [3.05, 3.63) is 12.2 Å². The van der Waals surface area contributed by atoms with E-state index < -0.39 is 15.9 Å². The summed E-state index contributed by atoms with van der Waals surface area (Å²) in [5.74, 6) is -0.195. The molecule has 0 spiro atoms. The van der Waals surface area contributed by atoms with Crippen molar-refractivity contribution in [3.63, 3.8) is 0 Å². The van der Waals surface area contributed by atoms with Crippen LogP contribution in [0.4, 0.5) is 0 Å². The molecule has 1 fully saturated rings. The minimum Gasteiger partial charge on any atom is -0.269 e. The molecular weight excluding hydrogens is 214 g/mol. The molecule has 0 radical (unpaired) electrons. The summed E-state index contributed by atoms with van der Waals surface area (Å²) in [4.78, 5) is 11.2. The highest BCUT2D eigenvalue weighted by molar-refractivity contribution is 7.90. The van der Waals surface area contributed by atoms with Gasteiger partial charge < -0.3 is 0 Å². The van der Waals surface area contributed by atoms with E-state index in [1.165, 1.54) is 6.08 Å². The Bertz CT molecular complexity index is 342. The Morgan fingerprint density at radius 3 is 2.67 bits per heavy atom. The molecule has 0 saturated heterocycles. The first kappa shape index (κ1) is 12.2. The van der Waals surface area contributed by atoms with Crippen molar-refractivity contribution in [2.45, 2.75) is 32.6 Å². The molecule has 0 aliphatic heterocycles. The normalized spacial score (nSPS) is 16.9. The second-order valence-electron chi connectivity index (χ2n) is 3.88. The van der Waals surface area contributed by atoms with Crippen molar-refractivity contribution >= 4 is 15.9 Å². The molecule has 0 aromatic carbocycles. The van der Waals surface area contributed by atoms with Gasteiger partial charge in [-0.25, -0.2) is 13.1 Å². The van der Waals surface area contributed by atoms with E-state index in [0.717, 1.165) is 25.7 Å². The average molecular weight is 231 g/mol. The SMILES string of the molecule is CCCC=CC(=O)NS(=O)(=O)CC1CC1. The lowest BCUT2D eigenvalue weighted by molar-refractivity contribution is -0.114. The van der Waals surface area contributed by atoms with E-state index in [2.05, 4.69) is 0 Å². The van der Waals surface area contributed by atoms with Crippen molar-refractivity contribution in [1.29, 1.82) is 0 Å². The zero-order chi connectivity index (χ0) is 11.3. The maximum Gasteiger partial charge on any atom is 0.257 e. The number of allylic oxidation sites excluding steroid dienone is 1. The van der Waals surface area contributed by atoms with Crippen LogP contribution in [0.2, 0.25) is 0 Å². The van der Waals surface area contributed by atoms with Gasteiger partial charge in [-0.15, -0.1) is 0 Å². The highest BCUT2D eigenvalue weighted by Crippen LogP contribution is 2.29. The lowest BCUT2D eigenvalue weighted by atomic mass is 10.3. The molecule has 1 amide bonds. The number of sulfonamides is 1. The fourth-order valence-corrected chi connectivity index (χ4v) is 2.59. The van der Waals surface area contributed by atoms with Gasteiger partial charge in [0.25, 0.3) is 5.91 Å². The van der Waals surface area contributed by atoms with Gasteiger partial charge in [0.15, 0.2) is 0 Å². The molecule has 0 heterocycles. The van der Waals surface area contributed by atoms with Gasteiger partial charge in [-0.05, 0) is 31.3 Å². The number of nitrogens with one attached hydrogen (secondary N) is 1. The molecule has 1 aliphatic rings. The first-order valence-corrected chi connectivity index (χ1v) is 6.89. The van der Waals surface area contributed by atoms with E-state index in [0.29, 0.717) is 0 Å². The van der Waals surface area contributed by atoms with Crippen LogP contribution >= 0.6 is 0 Å². The van der Waals surface area contributed by atoms with E-state index in [4.69, 9.17) is 0 Å². The number of amides is 1. The number of hydrogen-bond acceptors (Lipinski definition) is 3. The van der Waals surface area contributed by atoms with Crippen molar-refractivity contribution in [2.75, 3.05) is 5.75 Å². The van der Waals surface area contributed by atoms with E-state index in [1.807, 2.05) is 11.6 Å². The van der Waals surface area contributed by atoms with E-state index in [-0.39, 0.29) is 11.7 Å². The first-order valence-electron chi connectivity index (χ1n) is 5.24. The van der Waals surface area contributed by atoms with Crippen LogP contribution in [-0.2, 0) is 14.8 Å². The van der Waals surface area contributed by atoms with Crippen molar-refractivity contribution in [1.82, 2.24) is 4.72 Å². The molecule has 1 rings (SSSR count). The summed E-state index contributed by atoms with van der Waals surface area (Å²) < 4.78 is 24.7. The molecule has 1 aliphatic carbocycles. The van der Waals surface area contributed by atoms with Gasteiger partial charge in [-0.1, -0.05) is 19.4 Å². The van der Waals surface area contributed by atoms with E-state index in [1.54, 1.807) is 6.08 Å². The molecule has 1 N–H and O–H groups in total. The highest BCUT2D eigenvalue weighted by Gasteiger charge is 2.28. The van der Waals surface area contributed by atoms with Gasteiger partial charge in [0.2, 0.25) is 10.0 Å². The summed E-state index contributed by atoms with van der Waals surface area (Å²) in [6.45, 7) is 1.99. The standard InChI is InChI=1S/C10H17NO3S/c1-2-3-4-5-10(12)11-15(13,14)8-9-6-7-9/h4-5,9H,2-3,6-8H2,1H3,(H,11,12). The minimum atomic E-state index is -3.41. The molecule has 1 saturated carbocycles. The summed E-state index contributed by atoms with van der Waals surface area (Å²) in [7, 11) is -3.41. The van der Waals surface area contributed by atoms with Crippen LogP contribution in [0.3, 0.4) is 0 Å². The van der Waals surface area contributed by atoms with E-state index >= 15 is 0 Å². The molecule has 15 heavy (non-hydrogen) atoms. The molecule has 4 nitrogen and oxygen atoms in total. The molecule has 0 unspecified atom stereocenters. The lowest BCUT2D eigenvalue weighted by Gasteiger charge is -2.02. The van der Waals surface area contributed by atoms with Crippen molar-refractivity contribution in [3.8, 4) is 0 Å². The molecule has 0 atom stereocenters. The molecule has 86 valence electrons. The molecule has 5 heteroatoms. The van der Waals surface area contributed by atoms with Crippen LogP contribution in [0.5, 0.6) is 0 Å². The van der Waals surface area contributed by atoms with Crippen LogP contribution in [0.1, 0.15) is 32.6 Å². The number of unbranched alkanes of at least 4 members (excludes halogenated alkanes) is 1. The fraction of sp³-hybridized carbons (Fsp3) is 0.700. The van der Waals surface area contributed by atoms with Crippen LogP contribution in [0.25, 0.3) is 0 Å². The second kappa shape index (κ2) is 5.30. The Hall–Kier alpha value is -0.840. The second-order valence-corrected chi connectivity index (χ2v) is 5.65. The predicted octanol–water partition coefficient (Wildman–Crippen LogP) is 1.20. The Balaban J connectivity index is 2.35. The van der Waals surface area contributed by atoms with Crippen molar-refractivity contribution < 1.29 is 13.2 Å². The minimum absolute atomic E-state index is 0.0837. The van der Waals surface area contributed by atoms with Gasteiger partial charge in [0.1, 0.15) is 0 Å². The van der Waals surface area contributed by atoms with Gasteiger partial charge in [-0.2, -0.15) is 0 Å². The molecule has 0 aromatic rings. The quantitative estimate of drug-likeness (QED) is 0.699. The topological polar surface area (TPSA) is 63.2 Å². The summed E-state index contributed by atoms with van der Waals surface area (Å²) in [5, 5.41) is 0. The average Bonchev–Trinajstić information content (AvgIpc) is 2.86. The van der Waals surface area contributed by atoms with Crippen LogP contribution in [0.15, 0.2) is 12.2 Å². The zero-order valence-electron chi connectivity index (χ0n) is 8.90. The third kappa shape index (κ3) is 5.57. The fourth-order valence-electron chi connectivity index (χ4n) is 1.18. The highest BCUT2D eigenvalue weighted by atomic mass is 32.2. The zero-order valence-corrected chi connectivity index (χ0v) is 9.72. The Kier molecular flexibility index (Phi) is 4.32. The number of hydrogen-bond donors (Lipinski definition) is 1. The maximum absolute atomic E-state index is 11.4. The van der Waals surface area contributed by atoms with Crippen LogP contribution < -0.4 is 4.72 Å². The Morgan fingerprint density at radius 2 is 2.13 bits per heavy atom. The largest absolute Gasteiger partial charge is 0.269 e. The van der Waals surface area contributed by atoms with Gasteiger partial charge in [-0.3, -0.25) is 4.79 Å². The smallest absolute Gasteiger partial charge is 0.257 e. The van der Waals surface area contributed by atoms with Crippen LogP contribution in [0, 0.1) is 5.92 Å². The van der Waals surface area contributed by atoms with Gasteiger partial charge in [0, 0.05) is 0 Å². The lowest BCUT2D eigenvalue weighted by Crippen LogP contribution is -2.31. The predicted molar refractivity (Wildman–Crippen MR) is 58.7 cm³/mol. The van der Waals surface area contributed by atoms with Crippen LogP contribution in [-0.4, -0.2) is 20.1 Å². The number of carbonyl (C=O) groups is 1. The maximum atomic E-state index is 11.4. The number of rotatable bonds is 6. The third-order valence-electron chi connectivity index (χ3n) is 2.13. The Labute approximate surface area is 90.8 Å². The summed E-state index contributed by atoms with van der Waals surface area (Å²) in [5.41, 5.74) is 0. The van der Waals surface area contributed by atoms with E-state index in [9.17, 15) is 13.2 Å². The monoisotopic (exact) mass is 231 g/mol. The van der Waals surface area contributed by atoms with Gasteiger partial charge in [0.05, 0.1) is 5.75 Å². The first-order chi connectivity index (χ1) is 7.03.